The number of aliphatic hydroxyl groups excluding tert-OH is 1. The highest BCUT2D eigenvalue weighted by atomic mass is 35.5. The summed E-state index contributed by atoms with van der Waals surface area (Å²) < 4.78 is 14.1. The van der Waals surface area contributed by atoms with E-state index >= 15 is 0 Å². The van der Waals surface area contributed by atoms with Crippen molar-refractivity contribution in [3.8, 4) is 0 Å². The molecule has 2 aliphatic rings. The summed E-state index contributed by atoms with van der Waals surface area (Å²) in [6, 6.07) is 6.77. The van der Waals surface area contributed by atoms with Crippen molar-refractivity contribution in [1.82, 2.24) is 15.3 Å². The van der Waals surface area contributed by atoms with Crippen molar-refractivity contribution >= 4 is 29.0 Å². The zero-order valence-electron chi connectivity index (χ0n) is 16.1. The lowest BCUT2D eigenvalue weighted by molar-refractivity contribution is -0.123. The number of carbonyl (C=O) groups excluding carboxylic acids is 1. The van der Waals surface area contributed by atoms with E-state index in [9.17, 15) is 14.3 Å². The topological polar surface area (TPSA) is 139 Å². The molecule has 2 aliphatic carbocycles. The molecule has 7 N–H and O–H groups in total. The summed E-state index contributed by atoms with van der Waals surface area (Å²) in [5.74, 6) is -1.44. The highest BCUT2D eigenvalue weighted by Crippen LogP contribution is 2.49. The van der Waals surface area contributed by atoms with Crippen LogP contribution in [-0.2, 0) is 4.79 Å². The molecule has 160 valence electrons. The number of nitrogens with zero attached hydrogens (tertiary/aromatic N) is 2. The van der Waals surface area contributed by atoms with E-state index in [1.165, 1.54) is 0 Å². The minimum atomic E-state index is -0.718. The van der Waals surface area contributed by atoms with E-state index in [1.54, 1.807) is 18.2 Å². The molecule has 6 atom stereocenters. The molecule has 2 bridgehead atoms. The number of aliphatic hydroxyl groups is 1. The number of aromatic nitrogens is 2. The van der Waals surface area contributed by atoms with E-state index in [4.69, 9.17) is 23.1 Å². The second kappa shape index (κ2) is 8.33. The Labute approximate surface area is 178 Å². The van der Waals surface area contributed by atoms with Gasteiger partial charge >= 0.3 is 0 Å². The van der Waals surface area contributed by atoms with E-state index in [0.29, 0.717) is 12.2 Å². The van der Waals surface area contributed by atoms with Gasteiger partial charge in [-0.2, -0.15) is 4.98 Å². The minimum absolute atomic E-state index is 0.0219. The summed E-state index contributed by atoms with van der Waals surface area (Å²) in [7, 11) is 0. The number of primary amides is 1. The Bertz CT molecular complexity index is 947. The molecule has 2 fully saturated rings. The summed E-state index contributed by atoms with van der Waals surface area (Å²) in [6.07, 6.45) is 1.80. The predicted molar refractivity (Wildman–Crippen MR) is 111 cm³/mol. The lowest BCUT2D eigenvalue weighted by Crippen LogP contribution is -2.51. The minimum Gasteiger partial charge on any atom is -0.399 e. The van der Waals surface area contributed by atoms with Gasteiger partial charge in [0.15, 0.2) is 11.6 Å². The third-order valence-corrected chi connectivity index (χ3v) is 6.40. The Morgan fingerprint density at radius 3 is 2.93 bits per heavy atom. The molecule has 1 amide bonds. The number of carbonyl (C=O) groups is 1. The quantitative estimate of drug-likeness (QED) is 0.328. The maximum Gasteiger partial charge on any atom is 0.224 e. The Morgan fingerprint density at radius 2 is 2.20 bits per heavy atom. The van der Waals surface area contributed by atoms with Crippen molar-refractivity contribution in [3.05, 3.63) is 47.1 Å². The standard InChI is InChI=1S/C20H24ClFN6O2/c21-20-26-7-13(22)19(28-20)27-17-12-5-10(16(17)18(24)30)6-14(12)25-8-15(29)9-2-1-3-11(23)4-9/h1-4,7,10,12,14-17,25,29H,5-6,8,23H2,(H2,24,30)(H,26,27,28)/t10-,12-,14-,15?,16+,17-/m1/s1. The van der Waals surface area contributed by atoms with Gasteiger partial charge < -0.3 is 27.2 Å². The smallest absolute Gasteiger partial charge is 0.224 e. The van der Waals surface area contributed by atoms with E-state index in [1.807, 2.05) is 6.07 Å². The number of halogens is 2. The van der Waals surface area contributed by atoms with Gasteiger partial charge in [-0.25, -0.2) is 9.37 Å². The predicted octanol–water partition coefficient (Wildman–Crippen LogP) is 1.46. The highest BCUT2D eigenvalue weighted by Gasteiger charge is 2.55. The normalized spacial score (nSPS) is 28.4. The third-order valence-electron chi connectivity index (χ3n) is 6.22. The first kappa shape index (κ1) is 20.8. The lowest BCUT2D eigenvalue weighted by atomic mass is 9.81. The van der Waals surface area contributed by atoms with Crippen LogP contribution in [-0.4, -0.2) is 39.6 Å². The van der Waals surface area contributed by atoms with Gasteiger partial charge in [0.25, 0.3) is 0 Å². The summed E-state index contributed by atoms with van der Waals surface area (Å²) in [5.41, 5.74) is 12.8. The Hall–Kier alpha value is -2.49. The van der Waals surface area contributed by atoms with Gasteiger partial charge in [0.05, 0.1) is 18.2 Å². The summed E-state index contributed by atoms with van der Waals surface area (Å²) in [4.78, 5) is 19.6. The average Bonchev–Trinajstić information content (AvgIpc) is 3.27. The van der Waals surface area contributed by atoms with Crippen LogP contribution in [0, 0.1) is 23.6 Å². The Morgan fingerprint density at radius 1 is 1.40 bits per heavy atom. The van der Waals surface area contributed by atoms with Crippen LogP contribution in [0.3, 0.4) is 0 Å². The number of amides is 1. The van der Waals surface area contributed by atoms with Gasteiger partial charge in [-0.3, -0.25) is 4.79 Å². The van der Waals surface area contributed by atoms with E-state index < -0.39 is 23.7 Å². The van der Waals surface area contributed by atoms with Crippen LogP contribution >= 0.6 is 11.6 Å². The molecule has 0 radical (unpaired) electrons. The second-order valence-electron chi connectivity index (χ2n) is 8.03. The van der Waals surface area contributed by atoms with Crippen LogP contribution in [0.15, 0.2) is 30.5 Å². The van der Waals surface area contributed by atoms with Crippen LogP contribution in [0.25, 0.3) is 0 Å². The molecule has 10 heteroatoms. The van der Waals surface area contributed by atoms with Crippen LogP contribution in [0.1, 0.15) is 24.5 Å². The zero-order chi connectivity index (χ0) is 21.4. The molecule has 0 saturated heterocycles. The van der Waals surface area contributed by atoms with Crippen LogP contribution in [0.5, 0.6) is 0 Å². The molecule has 0 aliphatic heterocycles. The second-order valence-corrected chi connectivity index (χ2v) is 8.37. The molecular weight excluding hydrogens is 411 g/mol. The molecule has 30 heavy (non-hydrogen) atoms. The average molecular weight is 435 g/mol. The first-order valence-corrected chi connectivity index (χ1v) is 10.2. The number of nitrogens with one attached hydrogen (secondary N) is 2. The van der Waals surface area contributed by atoms with Gasteiger partial charge in [0.1, 0.15) is 0 Å². The molecule has 2 saturated carbocycles. The number of rotatable bonds is 7. The SMILES string of the molecule is NC(=O)[C@H]1[C@@H]2C[C@@H]([C@H]1Nc1nc(Cl)ncc1F)[C@H](NCC(O)c1cccc(N)c1)C2. The van der Waals surface area contributed by atoms with Crippen LogP contribution < -0.4 is 22.1 Å². The first-order chi connectivity index (χ1) is 14.3. The highest BCUT2D eigenvalue weighted by molar-refractivity contribution is 6.28. The number of nitrogens with two attached hydrogens (primary N) is 2. The maximum absolute atomic E-state index is 14.1. The largest absolute Gasteiger partial charge is 0.399 e. The molecular formula is C20H24ClFN6O2. The van der Waals surface area contributed by atoms with E-state index in [2.05, 4.69) is 20.6 Å². The van der Waals surface area contributed by atoms with Gasteiger partial charge in [-0.15, -0.1) is 0 Å². The number of hydrogen-bond donors (Lipinski definition) is 5. The summed E-state index contributed by atoms with van der Waals surface area (Å²) in [5, 5.41) is 16.8. The van der Waals surface area contributed by atoms with Crippen molar-refractivity contribution in [2.75, 3.05) is 17.6 Å². The molecule has 4 rings (SSSR count). The van der Waals surface area contributed by atoms with E-state index in [-0.39, 0.29) is 35.0 Å². The molecule has 2 aromatic rings. The number of fused-ring (bicyclic) bond motifs is 2. The molecule has 8 nitrogen and oxygen atoms in total. The first-order valence-electron chi connectivity index (χ1n) is 9.84. The molecule has 1 aromatic carbocycles. The van der Waals surface area contributed by atoms with Gasteiger partial charge in [0, 0.05) is 24.3 Å². The number of benzene rings is 1. The maximum atomic E-state index is 14.1. The van der Waals surface area contributed by atoms with Crippen molar-refractivity contribution in [1.29, 1.82) is 0 Å². The fourth-order valence-corrected chi connectivity index (χ4v) is 5.09. The fourth-order valence-electron chi connectivity index (χ4n) is 4.95. The van der Waals surface area contributed by atoms with Gasteiger partial charge in [-0.1, -0.05) is 12.1 Å². The summed E-state index contributed by atoms with van der Waals surface area (Å²) >= 11 is 5.79. The zero-order valence-corrected chi connectivity index (χ0v) is 16.9. The fraction of sp³-hybridized carbons (Fsp3) is 0.450. The van der Waals surface area contributed by atoms with Crippen LogP contribution in [0.2, 0.25) is 5.28 Å². The van der Waals surface area contributed by atoms with Gasteiger partial charge in [-0.05, 0) is 54.0 Å². The van der Waals surface area contributed by atoms with Crippen molar-refractivity contribution in [3.63, 3.8) is 0 Å². The number of hydrogen-bond acceptors (Lipinski definition) is 7. The Balaban J connectivity index is 1.47. The number of anilines is 2. The van der Waals surface area contributed by atoms with Crippen LogP contribution in [0.4, 0.5) is 15.9 Å². The monoisotopic (exact) mass is 434 g/mol. The lowest BCUT2D eigenvalue weighted by Gasteiger charge is -2.36. The van der Waals surface area contributed by atoms with Gasteiger partial charge in [0.2, 0.25) is 11.2 Å². The van der Waals surface area contributed by atoms with Crippen molar-refractivity contribution in [2.45, 2.75) is 31.0 Å². The summed E-state index contributed by atoms with van der Waals surface area (Å²) in [6.45, 7) is 0.332. The molecule has 1 aromatic heterocycles. The third kappa shape index (κ3) is 4.05. The van der Waals surface area contributed by atoms with Crippen molar-refractivity contribution in [2.24, 2.45) is 23.5 Å². The van der Waals surface area contributed by atoms with E-state index in [0.717, 1.165) is 24.6 Å². The molecule has 1 heterocycles. The Kier molecular flexibility index (Phi) is 5.77. The number of nitrogen functional groups attached to an aromatic ring is 1. The van der Waals surface area contributed by atoms with Crippen molar-refractivity contribution < 1.29 is 14.3 Å². The molecule has 0 spiro atoms. The molecule has 1 unspecified atom stereocenters.